The molecule has 1 aromatic heterocycles. The Morgan fingerprint density at radius 2 is 1.81 bits per heavy atom. The van der Waals surface area contributed by atoms with Crippen LogP contribution in [0.4, 0.5) is 37.7 Å². The minimum atomic E-state index is -5.03. The van der Waals surface area contributed by atoms with E-state index in [-0.39, 0.29) is 11.1 Å². The van der Waals surface area contributed by atoms with Gasteiger partial charge in [0.15, 0.2) is 0 Å². The van der Waals surface area contributed by atoms with E-state index in [1.165, 1.54) is 0 Å². The first-order valence-electron chi connectivity index (χ1n) is 8.17. The molecule has 2 aromatic rings. The van der Waals surface area contributed by atoms with Gasteiger partial charge in [-0.15, -0.1) is 11.8 Å². The van der Waals surface area contributed by atoms with E-state index >= 15 is 0 Å². The SMILES string of the molecule is CC(O)(CSc1ccc(C(F)(F)F)cn1)C(=O)Nc1ccc([N+](=O)[O-])cc1C(F)(F)F. The second kappa shape index (κ2) is 8.70. The van der Waals surface area contributed by atoms with Crippen molar-refractivity contribution in [2.75, 3.05) is 11.1 Å². The van der Waals surface area contributed by atoms with Crippen molar-refractivity contribution in [1.82, 2.24) is 4.98 Å². The number of amides is 1. The third kappa shape index (κ3) is 6.30. The number of thioether (sulfide) groups is 1. The molecule has 1 amide bonds. The summed E-state index contributed by atoms with van der Waals surface area (Å²) < 4.78 is 77.2. The van der Waals surface area contributed by atoms with Gasteiger partial charge in [0.05, 0.1) is 26.8 Å². The average Bonchev–Trinajstić information content (AvgIpc) is 2.65. The van der Waals surface area contributed by atoms with Gasteiger partial charge in [0, 0.05) is 24.1 Å². The maximum atomic E-state index is 13.2. The fourth-order valence-corrected chi connectivity index (χ4v) is 3.01. The predicted octanol–water partition coefficient (Wildman–Crippen LogP) is 4.51. The molecule has 0 aliphatic rings. The van der Waals surface area contributed by atoms with Crippen molar-refractivity contribution >= 4 is 29.0 Å². The van der Waals surface area contributed by atoms with E-state index in [1.807, 2.05) is 5.32 Å². The van der Waals surface area contributed by atoms with E-state index in [0.717, 1.165) is 25.1 Å². The first kappa shape index (κ1) is 24.4. The number of nitrogens with zero attached hydrogens (tertiary/aromatic N) is 2. The van der Waals surface area contributed by atoms with Crippen molar-refractivity contribution in [2.45, 2.75) is 29.9 Å². The number of pyridine rings is 1. The second-order valence-corrected chi connectivity index (χ2v) is 7.38. The molecule has 0 spiro atoms. The number of alkyl halides is 6. The number of hydrogen-bond donors (Lipinski definition) is 2. The number of non-ortho nitro benzene ring substituents is 1. The predicted molar refractivity (Wildman–Crippen MR) is 97.3 cm³/mol. The molecule has 0 fully saturated rings. The molecule has 14 heteroatoms. The number of aromatic nitrogens is 1. The number of carbonyl (C=O) groups is 1. The third-order valence-electron chi connectivity index (χ3n) is 3.82. The van der Waals surface area contributed by atoms with E-state index in [9.17, 15) is 46.4 Å². The lowest BCUT2D eigenvalue weighted by Gasteiger charge is -2.23. The molecule has 2 rings (SSSR count). The Labute approximate surface area is 174 Å². The number of nitrogens with one attached hydrogen (secondary N) is 1. The Morgan fingerprint density at radius 3 is 2.29 bits per heavy atom. The molecule has 168 valence electrons. The van der Waals surface area contributed by atoms with Crippen LogP contribution in [-0.4, -0.2) is 32.3 Å². The summed E-state index contributed by atoms with van der Waals surface area (Å²) >= 11 is 0.701. The fourth-order valence-electron chi connectivity index (χ4n) is 2.16. The van der Waals surface area contributed by atoms with Crippen molar-refractivity contribution < 1.29 is 41.2 Å². The molecule has 7 nitrogen and oxygen atoms in total. The van der Waals surface area contributed by atoms with Crippen LogP contribution in [0.3, 0.4) is 0 Å². The highest BCUT2D eigenvalue weighted by Crippen LogP contribution is 2.37. The number of nitro groups is 1. The highest BCUT2D eigenvalue weighted by Gasteiger charge is 2.38. The van der Waals surface area contributed by atoms with Gasteiger partial charge < -0.3 is 10.4 Å². The van der Waals surface area contributed by atoms with Crippen LogP contribution in [0.15, 0.2) is 41.6 Å². The topological polar surface area (TPSA) is 105 Å². The van der Waals surface area contributed by atoms with Crippen LogP contribution >= 0.6 is 11.8 Å². The molecule has 0 bridgehead atoms. The molecule has 31 heavy (non-hydrogen) atoms. The van der Waals surface area contributed by atoms with Gasteiger partial charge >= 0.3 is 12.4 Å². The fraction of sp³-hybridized carbons (Fsp3) is 0.294. The third-order valence-corrected chi connectivity index (χ3v) is 5.07. The first-order chi connectivity index (χ1) is 14.1. The van der Waals surface area contributed by atoms with Crippen molar-refractivity contribution in [3.05, 3.63) is 57.8 Å². The van der Waals surface area contributed by atoms with Crippen LogP contribution in [0.5, 0.6) is 0 Å². The van der Waals surface area contributed by atoms with Gasteiger partial charge in [0.25, 0.3) is 11.6 Å². The van der Waals surface area contributed by atoms with Gasteiger partial charge in [-0.05, 0) is 25.1 Å². The Hall–Kier alpha value is -2.87. The number of anilines is 1. The van der Waals surface area contributed by atoms with Gasteiger partial charge in [-0.2, -0.15) is 26.3 Å². The summed E-state index contributed by atoms with van der Waals surface area (Å²) in [6.45, 7) is 0.984. The summed E-state index contributed by atoms with van der Waals surface area (Å²) in [5.41, 5.74) is -6.39. The van der Waals surface area contributed by atoms with E-state index in [2.05, 4.69) is 4.98 Å². The Morgan fingerprint density at radius 1 is 1.16 bits per heavy atom. The zero-order valence-electron chi connectivity index (χ0n) is 15.4. The van der Waals surface area contributed by atoms with E-state index in [1.54, 1.807) is 0 Å². The number of carbonyl (C=O) groups excluding carboxylic acids is 1. The Kier molecular flexibility index (Phi) is 6.85. The molecule has 0 aliphatic carbocycles. The number of halogens is 6. The van der Waals surface area contributed by atoms with Crippen LogP contribution in [0.2, 0.25) is 0 Å². The molecule has 1 unspecified atom stereocenters. The molecular formula is C17H13F6N3O4S. The first-order valence-corrected chi connectivity index (χ1v) is 9.15. The quantitative estimate of drug-likeness (QED) is 0.279. The van der Waals surface area contributed by atoms with Gasteiger partial charge in [-0.3, -0.25) is 14.9 Å². The molecule has 2 N–H and O–H groups in total. The maximum absolute atomic E-state index is 13.2. The van der Waals surface area contributed by atoms with Crippen molar-refractivity contribution in [1.29, 1.82) is 0 Å². The van der Waals surface area contributed by atoms with Gasteiger partial charge in [-0.1, -0.05) is 0 Å². The summed E-state index contributed by atoms with van der Waals surface area (Å²) in [5, 5.41) is 22.9. The zero-order valence-corrected chi connectivity index (χ0v) is 16.2. The molecular weight excluding hydrogens is 456 g/mol. The standard InChI is InChI=1S/C17H13F6N3O4S/c1-15(28,8-31-13-5-2-9(7-24-13)16(18,19)20)14(27)25-12-4-3-10(26(29)30)6-11(12)17(21,22)23/h2-7,28H,8H2,1H3,(H,25,27). The molecule has 0 saturated carbocycles. The van der Waals surface area contributed by atoms with E-state index in [4.69, 9.17) is 0 Å². The number of rotatable bonds is 6. The van der Waals surface area contributed by atoms with Crippen molar-refractivity contribution in [2.24, 2.45) is 0 Å². The van der Waals surface area contributed by atoms with Crippen LogP contribution in [0.25, 0.3) is 0 Å². The Bertz CT molecular complexity index is 977. The lowest BCUT2D eigenvalue weighted by molar-refractivity contribution is -0.385. The zero-order chi connectivity index (χ0) is 23.6. The molecule has 0 saturated heterocycles. The monoisotopic (exact) mass is 469 g/mol. The number of hydrogen-bond acceptors (Lipinski definition) is 6. The van der Waals surface area contributed by atoms with Gasteiger partial charge in [-0.25, -0.2) is 4.98 Å². The number of benzene rings is 1. The van der Waals surface area contributed by atoms with Crippen LogP contribution < -0.4 is 5.32 Å². The second-order valence-electron chi connectivity index (χ2n) is 6.38. The van der Waals surface area contributed by atoms with Gasteiger partial charge in [0.1, 0.15) is 5.60 Å². The van der Waals surface area contributed by atoms with Gasteiger partial charge in [0.2, 0.25) is 0 Å². The smallest absolute Gasteiger partial charge is 0.379 e. The largest absolute Gasteiger partial charge is 0.418 e. The van der Waals surface area contributed by atoms with E-state index < -0.39 is 57.0 Å². The number of aliphatic hydroxyl groups is 1. The highest BCUT2D eigenvalue weighted by atomic mass is 32.2. The molecule has 0 aliphatic heterocycles. The normalized spacial score (nSPS) is 14.1. The lowest BCUT2D eigenvalue weighted by atomic mass is 10.1. The van der Waals surface area contributed by atoms with Crippen LogP contribution in [0, 0.1) is 10.1 Å². The molecule has 1 aromatic carbocycles. The van der Waals surface area contributed by atoms with Crippen molar-refractivity contribution in [3.8, 4) is 0 Å². The van der Waals surface area contributed by atoms with Crippen molar-refractivity contribution in [3.63, 3.8) is 0 Å². The Balaban J connectivity index is 2.14. The summed E-state index contributed by atoms with van der Waals surface area (Å²) in [5.74, 6) is -1.71. The van der Waals surface area contributed by atoms with Crippen LogP contribution in [-0.2, 0) is 17.1 Å². The number of nitro benzene ring substituents is 1. The summed E-state index contributed by atoms with van der Waals surface area (Å²) in [7, 11) is 0. The molecule has 1 heterocycles. The van der Waals surface area contributed by atoms with E-state index in [0.29, 0.717) is 24.0 Å². The minimum Gasteiger partial charge on any atom is -0.379 e. The van der Waals surface area contributed by atoms with Crippen LogP contribution in [0.1, 0.15) is 18.1 Å². The lowest BCUT2D eigenvalue weighted by Crippen LogP contribution is -2.42. The summed E-state index contributed by atoms with van der Waals surface area (Å²) in [6, 6.07) is 3.43. The maximum Gasteiger partial charge on any atom is 0.418 e. The average molecular weight is 469 g/mol. The molecule has 1 atom stereocenters. The summed E-state index contributed by atoms with van der Waals surface area (Å²) in [4.78, 5) is 25.5. The minimum absolute atomic E-state index is 0.0346. The summed E-state index contributed by atoms with van der Waals surface area (Å²) in [6.07, 6.45) is -9.06. The molecule has 0 radical (unpaired) electrons. The highest BCUT2D eigenvalue weighted by molar-refractivity contribution is 7.99.